The van der Waals surface area contributed by atoms with Crippen LogP contribution in [-0.2, 0) is 27.6 Å². The molecule has 0 radical (unpaired) electrons. The minimum absolute atomic E-state index is 0.189. The van der Waals surface area contributed by atoms with Crippen LogP contribution in [-0.4, -0.2) is 37.6 Å². The Balaban J connectivity index is 1.55. The van der Waals surface area contributed by atoms with Crippen molar-refractivity contribution in [2.75, 3.05) is 18.4 Å². The number of amides is 1. The molecule has 1 aliphatic rings. The van der Waals surface area contributed by atoms with Crippen molar-refractivity contribution in [1.82, 2.24) is 4.31 Å². The first-order chi connectivity index (χ1) is 15.3. The van der Waals surface area contributed by atoms with Gasteiger partial charge >= 0.3 is 6.09 Å². The number of piperidine rings is 1. The molecule has 8 heteroatoms. The Morgan fingerprint density at radius 2 is 1.62 bits per heavy atom. The number of nitrogens with zero attached hydrogens (tertiary/aromatic N) is 1. The Morgan fingerprint density at radius 3 is 2.19 bits per heavy atom. The van der Waals surface area contributed by atoms with Crippen LogP contribution in [0.15, 0.2) is 53.4 Å². The van der Waals surface area contributed by atoms with Crippen molar-refractivity contribution >= 4 is 21.8 Å². The van der Waals surface area contributed by atoms with Gasteiger partial charge < -0.3 is 4.74 Å². The molecule has 1 heterocycles. The van der Waals surface area contributed by atoms with Crippen molar-refractivity contribution < 1.29 is 17.9 Å². The van der Waals surface area contributed by atoms with Crippen LogP contribution < -0.4 is 11.1 Å². The number of anilines is 1. The van der Waals surface area contributed by atoms with Crippen LogP contribution in [0.25, 0.3) is 0 Å². The number of nitrogens with one attached hydrogen (secondary N) is 1. The molecule has 0 saturated carbocycles. The zero-order chi connectivity index (χ0) is 23.2. The first-order valence-electron chi connectivity index (χ1n) is 11.2. The highest BCUT2D eigenvalue weighted by molar-refractivity contribution is 7.89. The number of hydrogen-bond acceptors (Lipinski definition) is 5. The SMILES string of the molecule is CCCCc1ccc(S(=O)(=O)N2CCC(N)(OC(=O)Nc3ccc(CC)cc3)CC2)cc1. The van der Waals surface area contributed by atoms with Gasteiger partial charge in [-0.2, -0.15) is 4.31 Å². The molecule has 1 saturated heterocycles. The second-order valence-electron chi connectivity index (χ2n) is 8.28. The molecule has 2 aromatic carbocycles. The first kappa shape index (κ1) is 24.2. The standard InChI is InChI=1S/C24H33N3O4S/c1-3-5-6-20-9-13-22(14-10-20)32(29,30)27-17-15-24(25,16-18-27)31-23(28)26-21-11-7-19(4-2)8-12-21/h7-14H,3-6,15-18,25H2,1-2H3,(H,26,28). The molecule has 2 aromatic rings. The Bertz CT molecular complexity index is 997. The minimum atomic E-state index is -3.61. The zero-order valence-corrected chi connectivity index (χ0v) is 19.7. The number of hydrogen-bond donors (Lipinski definition) is 2. The van der Waals surface area contributed by atoms with Crippen molar-refractivity contribution in [1.29, 1.82) is 0 Å². The van der Waals surface area contributed by atoms with Crippen molar-refractivity contribution in [3.8, 4) is 0 Å². The molecule has 0 bridgehead atoms. The number of nitrogens with two attached hydrogens (primary N) is 1. The zero-order valence-electron chi connectivity index (χ0n) is 18.8. The Morgan fingerprint density at radius 1 is 1.03 bits per heavy atom. The average Bonchev–Trinajstić information content (AvgIpc) is 2.78. The third-order valence-electron chi connectivity index (χ3n) is 5.85. The fourth-order valence-corrected chi connectivity index (χ4v) is 5.16. The van der Waals surface area contributed by atoms with Crippen molar-refractivity contribution in [2.24, 2.45) is 5.73 Å². The first-order valence-corrected chi connectivity index (χ1v) is 12.7. The fraction of sp³-hybridized carbons (Fsp3) is 0.458. The number of ether oxygens (including phenoxy) is 1. The summed E-state index contributed by atoms with van der Waals surface area (Å²) in [6.45, 7) is 4.57. The second-order valence-corrected chi connectivity index (χ2v) is 10.2. The van der Waals surface area contributed by atoms with E-state index >= 15 is 0 Å². The maximum absolute atomic E-state index is 13.0. The lowest BCUT2D eigenvalue weighted by Crippen LogP contribution is -2.54. The lowest BCUT2D eigenvalue weighted by Gasteiger charge is -2.37. The largest absolute Gasteiger partial charge is 0.428 e. The summed E-state index contributed by atoms with van der Waals surface area (Å²) in [6.07, 6.45) is 3.84. The molecule has 0 spiro atoms. The summed E-state index contributed by atoms with van der Waals surface area (Å²) >= 11 is 0. The van der Waals surface area contributed by atoms with E-state index in [1.54, 1.807) is 12.1 Å². The van der Waals surface area contributed by atoms with Crippen LogP contribution in [0, 0.1) is 0 Å². The lowest BCUT2D eigenvalue weighted by atomic mass is 10.0. The van der Waals surface area contributed by atoms with Gasteiger partial charge in [0.25, 0.3) is 0 Å². The summed E-state index contributed by atoms with van der Waals surface area (Å²) in [5, 5.41) is 2.68. The molecule has 1 fully saturated rings. The molecule has 0 unspecified atom stereocenters. The van der Waals surface area contributed by atoms with E-state index in [2.05, 4.69) is 19.2 Å². The maximum atomic E-state index is 13.0. The quantitative estimate of drug-likeness (QED) is 0.574. The topological polar surface area (TPSA) is 102 Å². The molecular formula is C24H33N3O4S. The van der Waals surface area contributed by atoms with Crippen LogP contribution in [0.5, 0.6) is 0 Å². The number of rotatable bonds is 8. The van der Waals surface area contributed by atoms with Gasteiger partial charge in [0.1, 0.15) is 0 Å². The van der Waals surface area contributed by atoms with Gasteiger partial charge in [0.2, 0.25) is 10.0 Å². The monoisotopic (exact) mass is 459 g/mol. The van der Waals surface area contributed by atoms with E-state index in [1.807, 2.05) is 36.4 Å². The third-order valence-corrected chi connectivity index (χ3v) is 7.77. The third kappa shape index (κ3) is 6.09. The van der Waals surface area contributed by atoms with Crippen LogP contribution in [0.2, 0.25) is 0 Å². The lowest BCUT2D eigenvalue weighted by molar-refractivity contribution is -0.0116. The fourth-order valence-electron chi connectivity index (χ4n) is 3.72. The Labute approximate surface area is 191 Å². The molecule has 1 amide bonds. The summed E-state index contributed by atoms with van der Waals surface area (Å²) in [5.74, 6) is 0. The number of carbonyl (C=O) groups is 1. The summed E-state index contributed by atoms with van der Waals surface area (Å²) in [6, 6.07) is 14.6. The number of unbranched alkanes of at least 4 members (excludes halogenated alkanes) is 1. The molecule has 174 valence electrons. The van der Waals surface area contributed by atoms with Crippen LogP contribution in [0.3, 0.4) is 0 Å². The predicted octanol–water partition coefficient (Wildman–Crippen LogP) is 4.28. The van der Waals surface area contributed by atoms with E-state index < -0.39 is 21.8 Å². The summed E-state index contributed by atoms with van der Waals surface area (Å²) in [5.41, 5.74) is 7.99. The number of aryl methyl sites for hydroxylation is 2. The van der Waals surface area contributed by atoms with Crippen molar-refractivity contribution in [3.63, 3.8) is 0 Å². The average molecular weight is 460 g/mol. The van der Waals surface area contributed by atoms with Gasteiger partial charge in [-0.15, -0.1) is 0 Å². The van der Waals surface area contributed by atoms with Crippen LogP contribution in [0.1, 0.15) is 50.7 Å². The summed E-state index contributed by atoms with van der Waals surface area (Å²) < 4.78 is 32.9. The number of benzene rings is 2. The molecule has 0 aromatic heterocycles. The highest BCUT2D eigenvalue weighted by Gasteiger charge is 2.38. The van der Waals surface area contributed by atoms with E-state index in [-0.39, 0.29) is 30.8 Å². The summed E-state index contributed by atoms with van der Waals surface area (Å²) in [7, 11) is -3.61. The van der Waals surface area contributed by atoms with Gasteiger partial charge in [-0.25, -0.2) is 13.2 Å². The molecule has 7 nitrogen and oxygen atoms in total. The Kier molecular flexibility index (Phi) is 7.92. The number of carbonyl (C=O) groups excluding carboxylic acids is 1. The van der Waals surface area contributed by atoms with Gasteiger partial charge in [-0.05, 0) is 54.7 Å². The van der Waals surface area contributed by atoms with E-state index in [9.17, 15) is 13.2 Å². The van der Waals surface area contributed by atoms with Gasteiger partial charge in [0.15, 0.2) is 5.72 Å². The van der Waals surface area contributed by atoms with E-state index in [0.717, 1.165) is 31.2 Å². The van der Waals surface area contributed by atoms with Crippen molar-refractivity contribution in [2.45, 2.75) is 63.0 Å². The molecule has 3 rings (SSSR count). The predicted molar refractivity (Wildman–Crippen MR) is 126 cm³/mol. The van der Waals surface area contributed by atoms with Gasteiger partial charge in [0, 0.05) is 31.6 Å². The molecule has 3 N–H and O–H groups in total. The van der Waals surface area contributed by atoms with E-state index in [0.29, 0.717) is 5.69 Å². The smallest absolute Gasteiger partial charge is 0.413 e. The van der Waals surface area contributed by atoms with E-state index in [1.165, 1.54) is 9.87 Å². The highest BCUT2D eigenvalue weighted by Crippen LogP contribution is 2.27. The molecule has 32 heavy (non-hydrogen) atoms. The van der Waals surface area contributed by atoms with E-state index in [4.69, 9.17) is 10.5 Å². The molecular weight excluding hydrogens is 426 g/mol. The van der Waals surface area contributed by atoms with Crippen LogP contribution in [0.4, 0.5) is 10.5 Å². The Hall–Kier alpha value is -2.42. The van der Waals surface area contributed by atoms with Gasteiger partial charge in [-0.1, -0.05) is 44.5 Å². The van der Waals surface area contributed by atoms with Crippen molar-refractivity contribution in [3.05, 3.63) is 59.7 Å². The van der Waals surface area contributed by atoms with Gasteiger partial charge in [-0.3, -0.25) is 11.1 Å². The summed E-state index contributed by atoms with van der Waals surface area (Å²) in [4.78, 5) is 12.6. The molecule has 0 aliphatic carbocycles. The highest BCUT2D eigenvalue weighted by atomic mass is 32.2. The molecule has 1 aliphatic heterocycles. The second kappa shape index (κ2) is 10.5. The maximum Gasteiger partial charge on any atom is 0.413 e. The normalized spacial score (nSPS) is 16.5. The minimum Gasteiger partial charge on any atom is -0.428 e. The van der Waals surface area contributed by atoms with Crippen LogP contribution >= 0.6 is 0 Å². The molecule has 0 atom stereocenters. The van der Waals surface area contributed by atoms with Gasteiger partial charge in [0.05, 0.1) is 4.90 Å². The number of sulfonamides is 1.